The molecule has 4 rings (SSSR count). The van der Waals surface area contributed by atoms with Crippen LogP contribution < -0.4 is 5.56 Å². The first-order valence-electron chi connectivity index (χ1n) is 10.9. The lowest BCUT2D eigenvalue weighted by Gasteiger charge is -2.31. The summed E-state index contributed by atoms with van der Waals surface area (Å²) in [6, 6.07) is 15.7. The Labute approximate surface area is 200 Å². The van der Waals surface area contributed by atoms with E-state index in [2.05, 4.69) is 0 Å². The zero-order valence-electron chi connectivity index (χ0n) is 18.6. The molecule has 0 aliphatic heterocycles. The van der Waals surface area contributed by atoms with Crippen LogP contribution >= 0.6 is 11.6 Å². The van der Waals surface area contributed by atoms with Crippen molar-refractivity contribution >= 4 is 28.4 Å². The second-order valence-corrected chi connectivity index (χ2v) is 8.16. The maximum absolute atomic E-state index is 13.9. The number of benzene rings is 3. The van der Waals surface area contributed by atoms with Crippen molar-refractivity contribution in [1.29, 1.82) is 0 Å². The second-order valence-electron chi connectivity index (χ2n) is 7.75. The summed E-state index contributed by atoms with van der Waals surface area (Å²) >= 11 is 6.02. The van der Waals surface area contributed by atoms with Gasteiger partial charge in [-0.15, -0.1) is 0 Å². The molecule has 3 aromatic carbocycles. The fourth-order valence-electron chi connectivity index (χ4n) is 4.08. The number of hydrogen-bond donors (Lipinski definition) is 0. The SMILES string of the molecule is CCC(c1nc2ccccc2c(=O)n1-c1ccc(F)c(Cl)c1)N(CC)C(=O)c1cccc(F)c1. The molecule has 174 valence electrons. The molecule has 0 aliphatic carbocycles. The Morgan fingerprint density at radius 3 is 2.50 bits per heavy atom. The van der Waals surface area contributed by atoms with Gasteiger partial charge in [0, 0.05) is 12.1 Å². The highest BCUT2D eigenvalue weighted by Gasteiger charge is 2.29. The molecular weight excluding hydrogens is 460 g/mol. The number of aromatic nitrogens is 2. The van der Waals surface area contributed by atoms with Crippen molar-refractivity contribution in [3.05, 3.63) is 105 Å². The first-order valence-corrected chi connectivity index (χ1v) is 11.3. The van der Waals surface area contributed by atoms with E-state index in [1.807, 2.05) is 6.92 Å². The van der Waals surface area contributed by atoms with Gasteiger partial charge >= 0.3 is 0 Å². The van der Waals surface area contributed by atoms with E-state index in [0.717, 1.165) is 0 Å². The number of rotatable bonds is 6. The molecule has 8 heteroatoms. The Morgan fingerprint density at radius 1 is 1.06 bits per heavy atom. The lowest BCUT2D eigenvalue weighted by molar-refractivity contribution is 0.0671. The molecule has 0 spiro atoms. The van der Waals surface area contributed by atoms with Crippen LogP contribution in [0, 0.1) is 11.6 Å². The smallest absolute Gasteiger partial charge is 0.266 e. The number of halogens is 3. The first-order chi connectivity index (χ1) is 16.3. The Hall–Kier alpha value is -3.58. The molecule has 1 heterocycles. The Kier molecular flexibility index (Phi) is 6.75. The van der Waals surface area contributed by atoms with Gasteiger partial charge in [0.05, 0.1) is 27.7 Å². The summed E-state index contributed by atoms with van der Waals surface area (Å²) in [5.74, 6) is -1.21. The van der Waals surface area contributed by atoms with Gasteiger partial charge in [0.15, 0.2) is 0 Å². The third-order valence-electron chi connectivity index (χ3n) is 5.70. The van der Waals surface area contributed by atoms with Crippen molar-refractivity contribution in [2.45, 2.75) is 26.3 Å². The largest absolute Gasteiger partial charge is 0.329 e. The van der Waals surface area contributed by atoms with Crippen molar-refractivity contribution in [1.82, 2.24) is 14.5 Å². The normalized spacial score (nSPS) is 12.0. The summed E-state index contributed by atoms with van der Waals surface area (Å²) in [4.78, 5) is 33.3. The van der Waals surface area contributed by atoms with Crippen LogP contribution in [-0.2, 0) is 0 Å². The van der Waals surface area contributed by atoms with E-state index >= 15 is 0 Å². The second kappa shape index (κ2) is 9.73. The van der Waals surface area contributed by atoms with Crippen LogP contribution in [0.1, 0.15) is 42.5 Å². The summed E-state index contributed by atoms with van der Waals surface area (Å²) in [6.07, 6.45) is 0.425. The number of nitrogens with zero attached hydrogens (tertiary/aromatic N) is 3. The monoisotopic (exact) mass is 481 g/mol. The summed E-state index contributed by atoms with van der Waals surface area (Å²) < 4.78 is 29.1. The molecule has 4 aromatic rings. The minimum absolute atomic E-state index is 0.139. The Morgan fingerprint density at radius 2 is 1.82 bits per heavy atom. The molecule has 0 saturated heterocycles. The topological polar surface area (TPSA) is 55.2 Å². The maximum Gasteiger partial charge on any atom is 0.266 e. The van der Waals surface area contributed by atoms with Crippen molar-refractivity contribution in [2.75, 3.05) is 6.54 Å². The van der Waals surface area contributed by atoms with E-state index in [-0.39, 0.29) is 22.1 Å². The van der Waals surface area contributed by atoms with Crippen LogP contribution in [0.15, 0.2) is 71.5 Å². The predicted molar refractivity (Wildman–Crippen MR) is 128 cm³/mol. The number of amides is 1. The number of fused-ring (bicyclic) bond motifs is 1. The summed E-state index contributed by atoms with van der Waals surface area (Å²) in [6.45, 7) is 3.97. The van der Waals surface area contributed by atoms with Crippen molar-refractivity contribution in [3.8, 4) is 5.69 Å². The van der Waals surface area contributed by atoms with E-state index in [1.54, 1.807) is 42.2 Å². The zero-order chi connectivity index (χ0) is 24.4. The van der Waals surface area contributed by atoms with Gasteiger partial charge in [-0.3, -0.25) is 14.2 Å². The van der Waals surface area contributed by atoms with Gasteiger partial charge in [-0.05, 0) is 61.9 Å². The molecule has 0 aliphatic rings. The average molecular weight is 482 g/mol. The summed E-state index contributed by atoms with van der Waals surface area (Å²) in [7, 11) is 0. The molecule has 1 atom stereocenters. The van der Waals surface area contributed by atoms with E-state index in [0.29, 0.717) is 35.4 Å². The lowest BCUT2D eigenvalue weighted by Crippen LogP contribution is -2.38. The highest BCUT2D eigenvalue weighted by Crippen LogP contribution is 2.28. The Balaban J connectivity index is 1.95. The molecular formula is C26H22ClF2N3O2. The van der Waals surface area contributed by atoms with Crippen molar-refractivity contribution in [2.24, 2.45) is 0 Å². The third kappa shape index (κ3) is 4.31. The van der Waals surface area contributed by atoms with Gasteiger partial charge in [-0.25, -0.2) is 13.8 Å². The summed E-state index contributed by atoms with van der Waals surface area (Å²) in [5, 5.41) is 0.237. The minimum Gasteiger partial charge on any atom is -0.329 e. The van der Waals surface area contributed by atoms with Crippen molar-refractivity contribution in [3.63, 3.8) is 0 Å². The van der Waals surface area contributed by atoms with Crippen LogP contribution in [0.4, 0.5) is 8.78 Å². The fourth-order valence-corrected chi connectivity index (χ4v) is 4.26. The molecule has 0 radical (unpaired) electrons. The van der Waals surface area contributed by atoms with Crippen LogP contribution in [0.5, 0.6) is 0 Å². The molecule has 34 heavy (non-hydrogen) atoms. The molecule has 0 saturated carbocycles. The number of para-hydroxylation sites is 1. The van der Waals surface area contributed by atoms with E-state index in [9.17, 15) is 18.4 Å². The van der Waals surface area contributed by atoms with Crippen LogP contribution in [-0.4, -0.2) is 26.9 Å². The van der Waals surface area contributed by atoms with E-state index in [1.165, 1.54) is 41.0 Å². The molecule has 5 nitrogen and oxygen atoms in total. The molecule has 0 bridgehead atoms. The molecule has 1 aromatic heterocycles. The van der Waals surface area contributed by atoms with Gasteiger partial charge in [-0.2, -0.15) is 0 Å². The van der Waals surface area contributed by atoms with Crippen LogP contribution in [0.2, 0.25) is 5.02 Å². The molecule has 1 unspecified atom stereocenters. The predicted octanol–water partition coefficient (Wildman–Crippen LogP) is 5.93. The fraction of sp³-hybridized carbons (Fsp3) is 0.192. The van der Waals surface area contributed by atoms with Gasteiger partial charge in [0.1, 0.15) is 17.5 Å². The highest BCUT2D eigenvalue weighted by molar-refractivity contribution is 6.30. The quantitative estimate of drug-likeness (QED) is 0.343. The van der Waals surface area contributed by atoms with E-state index < -0.39 is 17.7 Å². The number of carbonyl (C=O) groups excluding carboxylic acids is 1. The highest BCUT2D eigenvalue weighted by atomic mass is 35.5. The lowest BCUT2D eigenvalue weighted by atomic mass is 10.1. The van der Waals surface area contributed by atoms with Gasteiger partial charge in [-0.1, -0.05) is 36.7 Å². The number of hydrogen-bond acceptors (Lipinski definition) is 3. The van der Waals surface area contributed by atoms with Crippen LogP contribution in [0.3, 0.4) is 0 Å². The average Bonchev–Trinajstić information content (AvgIpc) is 2.84. The van der Waals surface area contributed by atoms with E-state index in [4.69, 9.17) is 16.6 Å². The maximum atomic E-state index is 13.9. The molecule has 1 amide bonds. The van der Waals surface area contributed by atoms with Gasteiger partial charge < -0.3 is 4.90 Å². The van der Waals surface area contributed by atoms with Gasteiger partial charge in [0.25, 0.3) is 11.5 Å². The standard InChI is InChI=1S/C26H22ClF2N3O2/c1-3-23(31(4-2)25(33)16-8-7-9-17(28)14-16)24-30-22-11-6-5-10-19(22)26(34)32(24)18-12-13-21(29)20(27)15-18/h5-15,23H,3-4H2,1-2H3. The molecule has 0 fully saturated rings. The number of carbonyl (C=O) groups is 1. The summed E-state index contributed by atoms with van der Waals surface area (Å²) in [5.41, 5.74) is 0.632. The van der Waals surface area contributed by atoms with Crippen LogP contribution in [0.25, 0.3) is 16.6 Å². The van der Waals surface area contributed by atoms with Gasteiger partial charge in [0.2, 0.25) is 0 Å². The zero-order valence-corrected chi connectivity index (χ0v) is 19.4. The third-order valence-corrected chi connectivity index (χ3v) is 5.99. The molecule has 0 N–H and O–H groups in total. The van der Waals surface area contributed by atoms with Crippen molar-refractivity contribution < 1.29 is 13.6 Å². The minimum atomic E-state index is -0.623. The Bertz CT molecular complexity index is 1440. The first kappa shape index (κ1) is 23.6.